The van der Waals surface area contributed by atoms with Gasteiger partial charge in [0.2, 0.25) is 0 Å². The van der Waals surface area contributed by atoms with E-state index in [0.29, 0.717) is 0 Å². The van der Waals surface area contributed by atoms with Crippen molar-refractivity contribution in [1.29, 1.82) is 0 Å². The fraction of sp³-hybridized carbons (Fsp3) is 0.333. The van der Waals surface area contributed by atoms with Crippen LogP contribution in [0.3, 0.4) is 0 Å². The van der Waals surface area contributed by atoms with Crippen LogP contribution in [0, 0.1) is 0 Å². The number of hydrogen-bond acceptors (Lipinski definition) is 4. The second-order valence-corrected chi connectivity index (χ2v) is 4.32. The first-order valence-electron chi connectivity index (χ1n) is 4.98. The number of hydrogen-bond donors (Lipinski definition) is 0. The van der Waals surface area contributed by atoms with Gasteiger partial charge in [-0.25, -0.2) is 0 Å². The third-order valence-electron chi connectivity index (χ3n) is 2.36. The Bertz CT molecular complexity index is 399. The summed E-state index contributed by atoms with van der Waals surface area (Å²) in [6.07, 6.45) is -0.0230. The standard InChI is InChI=1S/C12H13BrO4/c1-16-11(14)7-10(12(15)17-2)8-3-5-9(13)6-4-8/h3-6,10H,7H2,1-2H3/t10-/m0/s1. The van der Waals surface area contributed by atoms with E-state index in [0.717, 1.165) is 10.0 Å². The highest BCUT2D eigenvalue weighted by Gasteiger charge is 2.24. The smallest absolute Gasteiger partial charge is 0.313 e. The molecule has 0 fully saturated rings. The molecule has 92 valence electrons. The summed E-state index contributed by atoms with van der Waals surface area (Å²) in [5.41, 5.74) is 0.727. The van der Waals surface area contributed by atoms with Gasteiger partial charge in [0.25, 0.3) is 0 Å². The van der Waals surface area contributed by atoms with Crippen LogP contribution in [0.25, 0.3) is 0 Å². The minimum Gasteiger partial charge on any atom is -0.469 e. The first-order chi connectivity index (χ1) is 8.08. The van der Waals surface area contributed by atoms with Gasteiger partial charge in [-0.2, -0.15) is 0 Å². The number of methoxy groups -OCH3 is 2. The summed E-state index contributed by atoms with van der Waals surface area (Å²) in [6.45, 7) is 0. The van der Waals surface area contributed by atoms with E-state index in [4.69, 9.17) is 0 Å². The lowest BCUT2D eigenvalue weighted by atomic mass is 9.96. The van der Waals surface area contributed by atoms with E-state index >= 15 is 0 Å². The second-order valence-electron chi connectivity index (χ2n) is 3.41. The van der Waals surface area contributed by atoms with Gasteiger partial charge in [0, 0.05) is 4.47 Å². The zero-order valence-corrected chi connectivity index (χ0v) is 11.2. The lowest BCUT2D eigenvalue weighted by molar-refractivity contribution is -0.149. The van der Waals surface area contributed by atoms with Crippen molar-refractivity contribution in [2.24, 2.45) is 0 Å². The first kappa shape index (κ1) is 13.7. The summed E-state index contributed by atoms with van der Waals surface area (Å²) in [5.74, 6) is -1.51. The Morgan fingerprint density at radius 1 is 1.18 bits per heavy atom. The Morgan fingerprint density at radius 3 is 2.24 bits per heavy atom. The largest absolute Gasteiger partial charge is 0.469 e. The Hall–Kier alpha value is -1.36. The van der Waals surface area contributed by atoms with Gasteiger partial charge in [0.1, 0.15) is 0 Å². The van der Waals surface area contributed by atoms with E-state index in [-0.39, 0.29) is 6.42 Å². The number of ether oxygens (including phenoxy) is 2. The van der Waals surface area contributed by atoms with Crippen molar-refractivity contribution in [3.63, 3.8) is 0 Å². The number of rotatable bonds is 4. The third-order valence-corrected chi connectivity index (χ3v) is 2.89. The fourth-order valence-electron chi connectivity index (χ4n) is 1.42. The van der Waals surface area contributed by atoms with Crippen molar-refractivity contribution in [2.75, 3.05) is 14.2 Å². The maximum atomic E-state index is 11.6. The predicted molar refractivity (Wildman–Crippen MR) is 65.5 cm³/mol. The summed E-state index contributed by atoms with van der Waals surface area (Å²) in [5, 5.41) is 0. The molecule has 0 amide bonds. The highest BCUT2D eigenvalue weighted by Crippen LogP contribution is 2.23. The van der Waals surface area contributed by atoms with Gasteiger partial charge in [-0.3, -0.25) is 9.59 Å². The molecular weight excluding hydrogens is 288 g/mol. The van der Waals surface area contributed by atoms with Gasteiger partial charge in [-0.15, -0.1) is 0 Å². The summed E-state index contributed by atoms with van der Waals surface area (Å²) >= 11 is 3.31. The molecule has 0 aliphatic carbocycles. The molecule has 0 radical (unpaired) electrons. The zero-order chi connectivity index (χ0) is 12.8. The van der Waals surface area contributed by atoms with Crippen LogP contribution in [0.2, 0.25) is 0 Å². The van der Waals surface area contributed by atoms with E-state index in [1.54, 1.807) is 12.1 Å². The van der Waals surface area contributed by atoms with Crippen molar-refractivity contribution < 1.29 is 19.1 Å². The van der Waals surface area contributed by atoms with E-state index in [1.807, 2.05) is 12.1 Å². The molecule has 0 saturated carbocycles. The minimum absolute atomic E-state index is 0.0230. The molecule has 0 spiro atoms. The molecule has 0 bridgehead atoms. The Kier molecular flexibility index (Phi) is 5.15. The van der Waals surface area contributed by atoms with Crippen LogP contribution < -0.4 is 0 Å². The van der Waals surface area contributed by atoms with Gasteiger partial charge in [0.15, 0.2) is 0 Å². The molecule has 0 aliphatic heterocycles. The van der Waals surface area contributed by atoms with Crippen LogP contribution in [0.15, 0.2) is 28.7 Å². The number of halogens is 1. The molecule has 0 aromatic heterocycles. The average molecular weight is 301 g/mol. The molecule has 1 aromatic carbocycles. The minimum atomic E-state index is -0.624. The van der Waals surface area contributed by atoms with E-state index in [2.05, 4.69) is 25.4 Å². The van der Waals surface area contributed by atoms with Gasteiger partial charge in [0.05, 0.1) is 26.6 Å². The summed E-state index contributed by atoms with van der Waals surface area (Å²) in [4.78, 5) is 22.9. The highest BCUT2D eigenvalue weighted by molar-refractivity contribution is 9.10. The molecule has 0 aliphatic rings. The summed E-state index contributed by atoms with van der Waals surface area (Å²) in [6, 6.07) is 7.16. The van der Waals surface area contributed by atoms with Gasteiger partial charge >= 0.3 is 11.9 Å². The monoisotopic (exact) mass is 300 g/mol. The lowest BCUT2D eigenvalue weighted by Gasteiger charge is -2.13. The molecule has 0 unspecified atom stereocenters. The van der Waals surface area contributed by atoms with Gasteiger partial charge in [-0.1, -0.05) is 28.1 Å². The summed E-state index contributed by atoms with van der Waals surface area (Å²) in [7, 11) is 2.59. The summed E-state index contributed by atoms with van der Waals surface area (Å²) < 4.78 is 10.2. The molecule has 0 saturated heterocycles. The molecule has 17 heavy (non-hydrogen) atoms. The number of esters is 2. The average Bonchev–Trinajstić information content (AvgIpc) is 2.36. The molecule has 0 heterocycles. The molecule has 0 N–H and O–H groups in total. The number of carbonyl (C=O) groups excluding carboxylic acids is 2. The van der Waals surface area contributed by atoms with Crippen LogP contribution in [0.5, 0.6) is 0 Å². The van der Waals surface area contributed by atoms with Crippen molar-refractivity contribution in [1.82, 2.24) is 0 Å². The van der Waals surface area contributed by atoms with Gasteiger partial charge in [-0.05, 0) is 17.7 Å². The zero-order valence-electron chi connectivity index (χ0n) is 9.60. The quantitative estimate of drug-likeness (QED) is 0.801. The molecule has 5 heteroatoms. The predicted octanol–water partition coefficient (Wildman–Crippen LogP) is 2.27. The van der Waals surface area contributed by atoms with Crippen LogP contribution in [-0.2, 0) is 19.1 Å². The van der Waals surface area contributed by atoms with Crippen molar-refractivity contribution in [3.05, 3.63) is 34.3 Å². The maximum Gasteiger partial charge on any atom is 0.313 e. The first-order valence-corrected chi connectivity index (χ1v) is 5.78. The number of benzene rings is 1. The van der Waals surface area contributed by atoms with Crippen molar-refractivity contribution >= 4 is 27.9 Å². The van der Waals surface area contributed by atoms with Gasteiger partial charge < -0.3 is 9.47 Å². The van der Waals surface area contributed by atoms with E-state index < -0.39 is 17.9 Å². The van der Waals surface area contributed by atoms with Crippen molar-refractivity contribution in [2.45, 2.75) is 12.3 Å². The van der Waals surface area contributed by atoms with E-state index in [1.165, 1.54) is 14.2 Å². The topological polar surface area (TPSA) is 52.6 Å². The Morgan fingerprint density at radius 2 is 1.76 bits per heavy atom. The van der Waals surface area contributed by atoms with Crippen LogP contribution in [0.4, 0.5) is 0 Å². The highest BCUT2D eigenvalue weighted by atomic mass is 79.9. The molecule has 1 atom stereocenters. The second kappa shape index (κ2) is 6.39. The fourth-order valence-corrected chi connectivity index (χ4v) is 1.69. The molecule has 4 nitrogen and oxygen atoms in total. The third kappa shape index (κ3) is 3.85. The normalized spacial score (nSPS) is 11.7. The van der Waals surface area contributed by atoms with Crippen molar-refractivity contribution in [3.8, 4) is 0 Å². The Balaban J connectivity index is 2.93. The Labute approximate surface area is 108 Å². The maximum absolute atomic E-state index is 11.6. The molecule has 1 aromatic rings. The van der Waals surface area contributed by atoms with Crippen LogP contribution >= 0.6 is 15.9 Å². The SMILES string of the molecule is COC(=O)C[C@H](C(=O)OC)c1ccc(Br)cc1. The van der Waals surface area contributed by atoms with Crippen LogP contribution in [0.1, 0.15) is 17.9 Å². The molecule has 1 rings (SSSR count). The molecular formula is C12H13BrO4. The van der Waals surface area contributed by atoms with E-state index in [9.17, 15) is 9.59 Å². The van der Waals surface area contributed by atoms with Crippen LogP contribution in [-0.4, -0.2) is 26.2 Å². The lowest BCUT2D eigenvalue weighted by Crippen LogP contribution is -2.18. The number of carbonyl (C=O) groups is 2.